The molecule has 0 bridgehead atoms. The lowest BCUT2D eigenvalue weighted by Gasteiger charge is -2.56. The van der Waals surface area contributed by atoms with Crippen LogP contribution in [-0.4, -0.2) is 19.8 Å². The quantitative estimate of drug-likeness (QED) is 0.653. The maximum absolute atomic E-state index is 6.32. The van der Waals surface area contributed by atoms with E-state index in [0.717, 1.165) is 18.1 Å². The number of methoxy groups -OCH3 is 1. The first kappa shape index (κ1) is 17.9. The summed E-state index contributed by atoms with van der Waals surface area (Å²) in [5.74, 6) is 2.35. The van der Waals surface area contributed by atoms with E-state index >= 15 is 0 Å². The number of fused-ring (bicyclic) bond motifs is 4. The van der Waals surface area contributed by atoms with Crippen LogP contribution in [0.15, 0.2) is 42.5 Å². The number of rotatable bonds is 2. The van der Waals surface area contributed by atoms with Crippen LogP contribution < -0.4 is 14.4 Å². The van der Waals surface area contributed by atoms with Gasteiger partial charge in [-0.05, 0) is 36.6 Å². The Morgan fingerprint density at radius 1 is 1.00 bits per heavy atom. The zero-order chi connectivity index (χ0) is 19.3. The Labute approximate surface area is 168 Å². The predicted octanol–water partition coefficient (Wildman–Crippen LogP) is 5.88. The van der Waals surface area contributed by atoms with Crippen LogP contribution in [-0.2, 0) is 5.41 Å². The Morgan fingerprint density at radius 2 is 1.79 bits per heavy atom. The van der Waals surface area contributed by atoms with Crippen molar-refractivity contribution in [2.45, 2.75) is 63.5 Å². The lowest BCUT2D eigenvalue weighted by molar-refractivity contribution is 0.112. The van der Waals surface area contributed by atoms with E-state index < -0.39 is 0 Å². The minimum absolute atomic E-state index is 0.0466. The fourth-order valence-electron chi connectivity index (χ4n) is 5.90. The number of para-hydroxylation sites is 1. The molecule has 0 saturated heterocycles. The van der Waals surface area contributed by atoms with Crippen molar-refractivity contribution in [1.29, 1.82) is 0 Å². The molecule has 148 valence electrons. The Morgan fingerprint density at radius 3 is 2.57 bits per heavy atom. The van der Waals surface area contributed by atoms with E-state index in [1.54, 1.807) is 7.11 Å². The second-order valence-corrected chi connectivity index (χ2v) is 9.17. The van der Waals surface area contributed by atoms with E-state index in [4.69, 9.17) is 9.47 Å². The summed E-state index contributed by atoms with van der Waals surface area (Å²) in [5, 5.41) is 0. The van der Waals surface area contributed by atoms with Gasteiger partial charge in [0.05, 0.1) is 25.3 Å². The van der Waals surface area contributed by atoms with Crippen molar-refractivity contribution in [1.82, 2.24) is 0 Å². The molecule has 1 saturated carbocycles. The minimum atomic E-state index is 0.0466. The van der Waals surface area contributed by atoms with Gasteiger partial charge in [0.25, 0.3) is 0 Å². The van der Waals surface area contributed by atoms with Crippen LogP contribution >= 0.6 is 0 Å². The average Bonchev–Trinajstić information content (AvgIpc) is 2.74. The van der Waals surface area contributed by atoms with Gasteiger partial charge in [-0.2, -0.15) is 0 Å². The standard InChI is InChI=1S/C25H31NO2/c1-25(2)18-12-7-8-13-20(18)26(17-10-5-4-6-11-17)24-19(25)16-28-22-15-9-14-21(27-3)23(22)24/h7-9,12-15,17,19,24H,4-6,10-11,16H2,1-3H3/t19-,24-/m0/s1. The molecule has 0 unspecified atom stereocenters. The molecule has 2 aromatic carbocycles. The molecule has 2 heterocycles. The van der Waals surface area contributed by atoms with E-state index in [0.29, 0.717) is 18.0 Å². The summed E-state index contributed by atoms with van der Waals surface area (Å²) in [6.45, 7) is 5.55. The lowest BCUT2D eigenvalue weighted by atomic mass is 9.64. The molecule has 0 aromatic heterocycles. The molecule has 0 N–H and O–H groups in total. The molecule has 0 radical (unpaired) electrons. The Hall–Kier alpha value is -2.16. The van der Waals surface area contributed by atoms with Crippen LogP contribution in [0.5, 0.6) is 11.5 Å². The van der Waals surface area contributed by atoms with Crippen LogP contribution in [0.25, 0.3) is 0 Å². The number of hydrogen-bond donors (Lipinski definition) is 0. The molecular formula is C25H31NO2. The van der Waals surface area contributed by atoms with Gasteiger partial charge in [-0.1, -0.05) is 57.4 Å². The van der Waals surface area contributed by atoms with E-state index in [9.17, 15) is 0 Å². The fourth-order valence-corrected chi connectivity index (χ4v) is 5.90. The lowest BCUT2D eigenvalue weighted by Crippen LogP contribution is -2.54. The zero-order valence-electron chi connectivity index (χ0n) is 17.3. The van der Waals surface area contributed by atoms with Crippen molar-refractivity contribution in [3.63, 3.8) is 0 Å². The molecule has 3 heteroatoms. The Kier molecular flexibility index (Phi) is 4.30. The summed E-state index contributed by atoms with van der Waals surface area (Å²) >= 11 is 0. The van der Waals surface area contributed by atoms with Gasteiger partial charge in [-0.25, -0.2) is 0 Å². The number of hydrogen-bond acceptors (Lipinski definition) is 3. The maximum atomic E-state index is 6.32. The van der Waals surface area contributed by atoms with Crippen molar-refractivity contribution in [3.8, 4) is 11.5 Å². The smallest absolute Gasteiger partial charge is 0.128 e. The summed E-state index contributed by atoms with van der Waals surface area (Å²) in [7, 11) is 1.78. The molecule has 0 amide bonds. The summed E-state index contributed by atoms with van der Waals surface area (Å²) in [5.41, 5.74) is 4.17. The van der Waals surface area contributed by atoms with Gasteiger partial charge in [0.2, 0.25) is 0 Å². The van der Waals surface area contributed by atoms with Gasteiger partial charge in [0.15, 0.2) is 0 Å². The highest BCUT2D eigenvalue weighted by molar-refractivity contribution is 5.65. The van der Waals surface area contributed by atoms with Gasteiger partial charge >= 0.3 is 0 Å². The Balaban J connectivity index is 1.74. The van der Waals surface area contributed by atoms with Crippen molar-refractivity contribution in [2.75, 3.05) is 18.6 Å². The van der Waals surface area contributed by atoms with Crippen molar-refractivity contribution in [3.05, 3.63) is 53.6 Å². The first-order valence-corrected chi connectivity index (χ1v) is 10.8. The van der Waals surface area contributed by atoms with Gasteiger partial charge < -0.3 is 14.4 Å². The summed E-state index contributed by atoms with van der Waals surface area (Å²) in [6, 6.07) is 16.2. The van der Waals surface area contributed by atoms with Gasteiger partial charge in [0, 0.05) is 23.1 Å². The third-order valence-electron chi connectivity index (χ3n) is 7.41. The molecule has 2 aliphatic heterocycles. The Bertz CT molecular complexity index is 854. The highest BCUT2D eigenvalue weighted by Gasteiger charge is 2.51. The SMILES string of the molecule is COc1cccc2c1[C@@H]1[C@H](CO2)C(C)(C)c2ccccc2N1C1CCCCC1. The third kappa shape index (κ3) is 2.55. The van der Waals surface area contributed by atoms with Crippen molar-refractivity contribution >= 4 is 5.69 Å². The van der Waals surface area contributed by atoms with E-state index in [1.807, 2.05) is 6.07 Å². The number of benzene rings is 2. The molecule has 1 aliphatic carbocycles. The monoisotopic (exact) mass is 377 g/mol. The number of ether oxygens (including phenoxy) is 2. The first-order chi connectivity index (χ1) is 13.6. The first-order valence-electron chi connectivity index (χ1n) is 10.8. The highest BCUT2D eigenvalue weighted by Crippen LogP contribution is 2.58. The second kappa shape index (κ2) is 6.72. The zero-order valence-corrected chi connectivity index (χ0v) is 17.3. The molecule has 5 rings (SSSR count). The third-order valence-corrected chi connectivity index (χ3v) is 7.41. The predicted molar refractivity (Wildman–Crippen MR) is 114 cm³/mol. The number of nitrogens with zero attached hydrogens (tertiary/aromatic N) is 1. The molecule has 0 spiro atoms. The molecule has 1 fully saturated rings. The fraction of sp³-hybridized carbons (Fsp3) is 0.520. The molecule has 2 aromatic rings. The topological polar surface area (TPSA) is 21.7 Å². The van der Waals surface area contributed by atoms with Gasteiger partial charge in [0.1, 0.15) is 11.5 Å². The highest BCUT2D eigenvalue weighted by atomic mass is 16.5. The second-order valence-electron chi connectivity index (χ2n) is 9.17. The summed E-state index contributed by atoms with van der Waals surface area (Å²) in [4.78, 5) is 2.76. The maximum Gasteiger partial charge on any atom is 0.128 e. The largest absolute Gasteiger partial charge is 0.496 e. The van der Waals surface area contributed by atoms with Gasteiger partial charge in [-0.15, -0.1) is 0 Å². The van der Waals surface area contributed by atoms with Crippen molar-refractivity contribution < 1.29 is 9.47 Å². The minimum Gasteiger partial charge on any atom is -0.496 e. The summed E-state index contributed by atoms with van der Waals surface area (Å²) < 4.78 is 12.2. The van der Waals surface area contributed by atoms with Crippen LogP contribution in [0.3, 0.4) is 0 Å². The van der Waals surface area contributed by atoms with Crippen LogP contribution in [0.1, 0.15) is 63.1 Å². The van der Waals surface area contributed by atoms with E-state index in [1.165, 1.54) is 48.9 Å². The van der Waals surface area contributed by atoms with Crippen LogP contribution in [0.2, 0.25) is 0 Å². The number of anilines is 1. The average molecular weight is 378 g/mol. The van der Waals surface area contributed by atoms with Gasteiger partial charge in [-0.3, -0.25) is 0 Å². The molecule has 2 atom stereocenters. The van der Waals surface area contributed by atoms with Crippen molar-refractivity contribution in [2.24, 2.45) is 5.92 Å². The molecular weight excluding hydrogens is 346 g/mol. The van der Waals surface area contributed by atoms with Crippen LogP contribution in [0, 0.1) is 5.92 Å². The summed E-state index contributed by atoms with van der Waals surface area (Å²) in [6.07, 6.45) is 6.60. The molecule has 28 heavy (non-hydrogen) atoms. The molecule has 3 aliphatic rings. The van der Waals surface area contributed by atoms with Crippen LogP contribution in [0.4, 0.5) is 5.69 Å². The van der Waals surface area contributed by atoms with E-state index in [2.05, 4.69) is 55.1 Å². The van der Waals surface area contributed by atoms with E-state index in [-0.39, 0.29) is 5.41 Å². The normalized spacial score (nSPS) is 25.9. The molecule has 3 nitrogen and oxygen atoms in total.